The number of thioether (sulfide) groups is 1. The zero-order valence-electron chi connectivity index (χ0n) is 8.75. The van der Waals surface area contributed by atoms with Crippen molar-refractivity contribution in [3.63, 3.8) is 0 Å². The van der Waals surface area contributed by atoms with Gasteiger partial charge in [0.15, 0.2) is 9.84 Å². The number of ether oxygens (including phenoxy) is 1. The lowest BCUT2D eigenvalue weighted by Gasteiger charge is -1.98. The van der Waals surface area contributed by atoms with Gasteiger partial charge in [0.1, 0.15) is 5.94 Å². The van der Waals surface area contributed by atoms with Crippen LogP contribution in [0.3, 0.4) is 0 Å². The minimum absolute atomic E-state index is 0.115. The van der Waals surface area contributed by atoms with Crippen molar-refractivity contribution < 1.29 is 17.6 Å². The monoisotopic (exact) mass is 264 g/mol. The number of nitrogens with zero attached hydrogens (tertiary/aromatic N) is 2. The first-order valence-corrected chi connectivity index (χ1v) is 7.57. The summed E-state index contributed by atoms with van der Waals surface area (Å²) in [5.74, 6) is 1.03. The van der Waals surface area contributed by atoms with Crippen molar-refractivity contribution >= 4 is 21.6 Å². The summed E-state index contributed by atoms with van der Waals surface area (Å²) in [6, 6.07) is 0. The molecule has 8 heteroatoms. The van der Waals surface area contributed by atoms with Crippen molar-refractivity contribution in [1.29, 1.82) is 0 Å². The van der Waals surface area contributed by atoms with Crippen molar-refractivity contribution in [2.45, 2.75) is 17.6 Å². The molecule has 0 saturated carbocycles. The summed E-state index contributed by atoms with van der Waals surface area (Å²) in [6.07, 6.45) is 0.568. The minimum atomic E-state index is -2.91. The van der Waals surface area contributed by atoms with Crippen molar-refractivity contribution in [1.82, 2.24) is 10.2 Å². The van der Waals surface area contributed by atoms with Crippen LogP contribution in [0.5, 0.6) is 0 Å². The van der Waals surface area contributed by atoms with E-state index in [1.807, 2.05) is 0 Å². The highest BCUT2D eigenvalue weighted by Crippen LogP contribution is 2.29. The van der Waals surface area contributed by atoms with Crippen LogP contribution in [-0.4, -0.2) is 43.2 Å². The molecule has 1 fully saturated rings. The summed E-state index contributed by atoms with van der Waals surface area (Å²) in [5.41, 5.74) is 0. The number of methoxy groups -OCH3 is 1. The van der Waals surface area contributed by atoms with E-state index in [1.54, 1.807) is 7.11 Å². The summed E-state index contributed by atoms with van der Waals surface area (Å²) in [4.78, 5) is 0. The van der Waals surface area contributed by atoms with Crippen LogP contribution in [-0.2, 0) is 14.6 Å². The third kappa shape index (κ3) is 2.74. The van der Waals surface area contributed by atoms with E-state index in [0.29, 0.717) is 23.5 Å². The van der Waals surface area contributed by atoms with Crippen LogP contribution < -0.4 is 0 Å². The van der Waals surface area contributed by atoms with Gasteiger partial charge in [-0.05, 0) is 18.2 Å². The molecule has 0 bridgehead atoms. The number of hydrogen-bond acceptors (Lipinski definition) is 7. The molecular weight excluding hydrogens is 252 g/mol. The molecule has 0 radical (unpaired) electrons. The predicted octanol–water partition coefficient (Wildman–Crippen LogP) is 0.668. The lowest BCUT2D eigenvalue weighted by atomic mass is 10.1. The fraction of sp³-hybridized carbons (Fsp3) is 0.750. The first-order chi connectivity index (χ1) is 7.61. The Morgan fingerprint density at radius 1 is 1.56 bits per heavy atom. The molecule has 1 atom stereocenters. The zero-order valence-corrected chi connectivity index (χ0v) is 10.4. The predicted molar refractivity (Wildman–Crippen MR) is 58.0 cm³/mol. The van der Waals surface area contributed by atoms with Gasteiger partial charge in [-0.25, -0.2) is 8.42 Å². The summed E-state index contributed by atoms with van der Waals surface area (Å²) in [6.45, 7) is 0. The standard InChI is InChI=1S/C8H12N2O4S2/c1-13-5-15-8-10-9-7(14-8)6-2-3-16(11,12)4-6/h6H,2-5H2,1H3/t6-/m0/s1. The molecule has 1 aromatic heterocycles. The molecule has 0 N–H and O–H groups in total. The lowest BCUT2D eigenvalue weighted by molar-refractivity contribution is 0.257. The highest BCUT2D eigenvalue weighted by molar-refractivity contribution is 7.98. The Labute approximate surface area is 97.7 Å². The minimum Gasteiger partial charge on any atom is -0.416 e. The molecule has 1 aliphatic rings. The second-order valence-corrected chi connectivity index (χ2v) is 6.66. The molecule has 90 valence electrons. The zero-order chi connectivity index (χ0) is 11.6. The summed E-state index contributed by atoms with van der Waals surface area (Å²) in [5, 5.41) is 8.09. The van der Waals surface area contributed by atoms with E-state index in [0.717, 1.165) is 0 Å². The van der Waals surface area contributed by atoms with Gasteiger partial charge in [0.25, 0.3) is 5.22 Å². The molecule has 0 aliphatic carbocycles. The Morgan fingerprint density at radius 3 is 3.00 bits per heavy atom. The molecule has 1 saturated heterocycles. The largest absolute Gasteiger partial charge is 0.416 e. The molecule has 1 aromatic rings. The van der Waals surface area contributed by atoms with Crippen LogP contribution in [0.25, 0.3) is 0 Å². The van der Waals surface area contributed by atoms with Gasteiger partial charge in [0.2, 0.25) is 5.89 Å². The lowest BCUT2D eigenvalue weighted by Crippen LogP contribution is -2.03. The van der Waals surface area contributed by atoms with Gasteiger partial charge in [0, 0.05) is 7.11 Å². The Hall–Kier alpha value is -0.600. The molecular formula is C8H12N2O4S2. The van der Waals surface area contributed by atoms with E-state index < -0.39 is 9.84 Å². The molecule has 0 aromatic carbocycles. The van der Waals surface area contributed by atoms with E-state index in [-0.39, 0.29) is 17.4 Å². The first-order valence-electron chi connectivity index (χ1n) is 4.76. The van der Waals surface area contributed by atoms with Gasteiger partial charge in [-0.15, -0.1) is 10.2 Å². The highest BCUT2D eigenvalue weighted by Gasteiger charge is 2.32. The van der Waals surface area contributed by atoms with Gasteiger partial charge in [-0.1, -0.05) is 0 Å². The third-order valence-corrected chi connectivity index (χ3v) is 4.84. The fourth-order valence-electron chi connectivity index (χ4n) is 1.54. The van der Waals surface area contributed by atoms with Gasteiger partial charge in [-0.3, -0.25) is 0 Å². The quantitative estimate of drug-likeness (QED) is 0.583. The molecule has 0 unspecified atom stereocenters. The first kappa shape index (κ1) is 11.9. The van der Waals surface area contributed by atoms with Crippen LogP contribution in [0.4, 0.5) is 0 Å². The number of sulfone groups is 1. The maximum absolute atomic E-state index is 11.3. The molecule has 0 spiro atoms. The number of rotatable bonds is 4. The second kappa shape index (κ2) is 4.72. The Bertz CT molecular complexity index is 456. The van der Waals surface area contributed by atoms with Gasteiger partial charge in [-0.2, -0.15) is 0 Å². The van der Waals surface area contributed by atoms with Crippen LogP contribution in [0.1, 0.15) is 18.2 Å². The maximum Gasteiger partial charge on any atom is 0.278 e. The molecule has 1 aliphatic heterocycles. The average Bonchev–Trinajstić information content (AvgIpc) is 2.81. The van der Waals surface area contributed by atoms with Crippen molar-refractivity contribution in [3.8, 4) is 0 Å². The summed E-state index contributed by atoms with van der Waals surface area (Å²) < 4.78 is 32.8. The average molecular weight is 264 g/mol. The van der Waals surface area contributed by atoms with Gasteiger partial charge >= 0.3 is 0 Å². The normalized spacial score (nSPS) is 23.7. The third-order valence-electron chi connectivity index (χ3n) is 2.30. The van der Waals surface area contributed by atoms with Crippen LogP contribution in [0.2, 0.25) is 0 Å². The molecule has 2 heterocycles. The van der Waals surface area contributed by atoms with Crippen LogP contribution in [0.15, 0.2) is 9.64 Å². The van der Waals surface area contributed by atoms with Crippen LogP contribution >= 0.6 is 11.8 Å². The van der Waals surface area contributed by atoms with Crippen molar-refractivity contribution in [3.05, 3.63) is 5.89 Å². The van der Waals surface area contributed by atoms with Crippen LogP contribution in [0, 0.1) is 0 Å². The smallest absolute Gasteiger partial charge is 0.278 e. The molecule has 6 nitrogen and oxygen atoms in total. The van der Waals surface area contributed by atoms with E-state index in [1.165, 1.54) is 11.8 Å². The topological polar surface area (TPSA) is 82.3 Å². The fourth-order valence-corrected chi connectivity index (χ4v) is 3.74. The molecule has 16 heavy (non-hydrogen) atoms. The van der Waals surface area contributed by atoms with E-state index in [2.05, 4.69) is 10.2 Å². The van der Waals surface area contributed by atoms with Gasteiger partial charge < -0.3 is 9.15 Å². The van der Waals surface area contributed by atoms with E-state index >= 15 is 0 Å². The second-order valence-electron chi connectivity index (χ2n) is 3.56. The van der Waals surface area contributed by atoms with E-state index in [4.69, 9.17) is 9.15 Å². The Morgan fingerprint density at radius 2 is 2.38 bits per heavy atom. The highest BCUT2D eigenvalue weighted by atomic mass is 32.2. The summed E-state index contributed by atoms with van der Waals surface area (Å²) in [7, 11) is -1.33. The number of hydrogen-bond donors (Lipinski definition) is 0. The van der Waals surface area contributed by atoms with E-state index in [9.17, 15) is 8.42 Å². The van der Waals surface area contributed by atoms with Crippen molar-refractivity contribution in [2.24, 2.45) is 0 Å². The van der Waals surface area contributed by atoms with Crippen molar-refractivity contribution in [2.75, 3.05) is 24.6 Å². The Kier molecular flexibility index (Phi) is 3.50. The maximum atomic E-state index is 11.3. The number of aromatic nitrogens is 2. The Balaban J connectivity index is 2.02. The van der Waals surface area contributed by atoms with Gasteiger partial charge in [0.05, 0.1) is 17.4 Å². The summed E-state index contributed by atoms with van der Waals surface area (Å²) >= 11 is 1.29. The molecule has 0 amide bonds. The SMILES string of the molecule is COCSc1nnc([C@H]2CCS(=O)(=O)C2)o1. The molecule has 2 rings (SSSR count).